The van der Waals surface area contributed by atoms with E-state index in [1.54, 1.807) is 6.07 Å². The fourth-order valence-corrected chi connectivity index (χ4v) is 4.61. The number of nitrogens with zero attached hydrogens (tertiary/aromatic N) is 1. The number of hydrogen-bond acceptors (Lipinski definition) is 3. The zero-order chi connectivity index (χ0) is 21.8. The average molecular weight is 417 g/mol. The number of sulfonamides is 1. The fraction of sp³-hybridized carbons (Fsp3) is 0.435. The molecule has 2 atom stereocenters. The highest BCUT2D eigenvalue weighted by molar-refractivity contribution is 7.92. The molecule has 2 aromatic rings. The highest BCUT2D eigenvalue weighted by Crippen LogP contribution is 2.26. The number of benzene rings is 2. The normalized spacial score (nSPS) is 13.6. The number of anilines is 1. The molecular formula is C23H32N2O3S. The van der Waals surface area contributed by atoms with Gasteiger partial charge in [-0.1, -0.05) is 49.7 Å². The standard InChI is InChI=1S/C23H32N2O3S/c1-7-21(19-12-9-16(3)10-13-19)24-23(26)22(8-2)25(29(6,27)28)20-14-11-17(4)18(5)15-20/h9-15,21-22H,7-8H2,1-6H3,(H,24,26)/t21-,22-/m1/s1. The topological polar surface area (TPSA) is 66.5 Å². The summed E-state index contributed by atoms with van der Waals surface area (Å²) in [7, 11) is -3.64. The summed E-state index contributed by atoms with van der Waals surface area (Å²) < 4.78 is 26.5. The summed E-state index contributed by atoms with van der Waals surface area (Å²) in [5.74, 6) is -0.288. The van der Waals surface area contributed by atoms with Crippen LogP contribution >= 0.6 is 0 Å². The van der Waals surface area contributed by atoms with Crippen LogP contribution in [0.1, 0.15) is 55.0 Å². The first-order chi connectivity index (χ1) is 13.6. The molecule has 0 aliphatic heterocycles. The summed E-state index contributed by atoms with van der Waals surface area (Å²) in [5.41, 5.74) is 4.74. The Balaban J connectivity index is 2.36. The van der Waals surface area contributed by atoms with Crippen LogP contribution in [0.3, 0.4) is 0 Å². The first-order valence-electron chi connectivity index (χ1n) is 10.0. The molecule has 0 saturated carbocycles. The Hall–Kier alpha value is -2.34. The van der Waals surface area contributed by atoms with Crippen LogP contribution in [-0.4, -0.2) is 26.6 Å². The molecule has 0 radical (unpaired) electrons. The van der Waals surface area contributed by atoms with Crippen LogP contribution in [0.2, 0.25) is 0 Å². The van der Waals surface area contributed by atoms with E-state index >= 15 is 0 Å². The maximum atomic E-state index is 13.2. The van der Waals surface area contributed by atoms with Gasteiger partial charge >= 0.3 is 0 Å². The van der Waals surface area contributed by atoms with Crippen molar-refractivity contribution in [3.05, 3.63) is 64.7 Å². The lowest BCUT2D eigenvalue weighted by atomic mass is 10.0. The second kappa shape index (κ2) is 9.44. The molecule has 1 amide bonds. The van der Waals surface area contributed by atoms with Crippen LogP contribution in [0.25, 0.3) is 0 Å². The van der Waals surface area contributed by atoms with Crippen LogP contribution in [-0.2, 0) is 14.8 Å². The molecule has 5 nitrogen and oxygen atoms in total. The van der Waals surface area contributed by atoms with Gasteiger partial charge in [0.2, 0.25) is 15.9 Å². The van der Waals surface area contributed by atoms with Crippen LogP contribution < -0.4 is 9.62 Å². The van der Waals surface area contributed by atoms with Crippen LogP contribution in [0, 0.1) is 20.8 Å². The van der Waals surface area contributed by atoms with E-state index in [0.29, 0.717) is 18.5 Å². The molecule has 0 bridgehead atoms. The van der Waals surface area contributed by atoms with Gasteiger partial charge in [0.25, 0.3) is 0 Å². The third-order valence-corrected chi connectivity index (χ3v) is 6.46. The lowest BCUT2D eigenvalue weighted by Gasteiger charge is -2.32. The second-order valence-corrected chi connectivity index (χ2v) is 9.49. The molecule has 158 valence electrons. The van der Waals surface area contributed by atoms with Crippen LogP contribution in [0.15, 0.2) is 42.5 Å². The van der Waals surface area contributed by atoms with Crippen molar-refractivity contribution in [2.75, 3.05) is 10.6 Å². The molecule has 0 aliphatic rings. The fourth-order valence-electron chi connectivity index (χ4n) is 3.41. The van der Waals surface area contributed by atoms with Crippen molar-refractivity contribution in [2.45, 2.75) is 59.5 Å². The van der Waals surface area contributed by atoms with E-state index in [9.17, 15) is 13.2 Å². The number of aryl methyl sites for hydroxylation is 3. The number of nitrogens with one attached hydrogen (secondary N) is 1. The van der Waals surface area contributed by atoms with Gasteiger partial charge in [0.05, 0.1) is 18.0 Å². The molecule has 0 aromatic heterocycles. The molecule has 6 heteroatoms. The van der Waals surface area contributed by atoms with E-state index in [1.807, 2.05) is 71.0 Å². The largest absolute Gasteiger partial charge is 0.347 e. The Labute approximate surface area is 175 Å². The third-order valence-electron chi connectivity index (χ3n) is 5.28. The van der Waals surface area contributed by atoms with Gasteiger partial charge in [0.1, 0.15) is 6.04 Å². The summed E-state index contributed by atoms with van der Waals surface area (Å²) in [6.45, 7) is 9.76. The van der Waals surface area contributed by atoms with Gasteiger partial charge in [0.15, 0.2) is 0 Å². The SMILES string of the molecule is CC[C@H](C(=O)N[C@H](CC)c1ccc(C)cc1)N(c1ccc(C)c(C)c1)S(C)(=O)=O. The Morgan fingerprint density at radius 1 is 0.966 bits per heavy atom. The highest BCUT2D eigenvalue weighted by Gasteiger charge is 2.32. The second-order valence-electron chi connectivity index (χ2n) is 7.63. The van der Waals surface area contributed by atoms with E-state index < -0.39 is 16.1 Å². The predicted octanol–water partition coefficient (Wildman–Crippen LogP) is 4.42. The predicted molar refractivity (Wildman–Crippen MR) is 120 cm³/mol. The van der Waals surface area contributed by atoms with Crippen molar-refractivity contribution < 1.29 is 13.2 Å². The monoisotopic (exact) mass is 416 g/mol. The van der Waals surface area contributed by atoms with Crippen molar-refractivity contribution in [1.82, 2.24) is 5.32 Å². The molecule has 0 heterocycles. The van der Waals surface area contributed by atoms with Crippen molar-refractivity contribution in [2.24, 2.45) is 0 Å². The molecule has 29 heavy (non-hydrogen) atoms. The molecule has 2 rings (SSSR count). The van der Waals surface area contributed by atoms with E-state index in [4.69, 9.17) is 0 Å². The summed E-state index contributed by atoms with van der Waals surface area (Å²) in [6.07, 6.45) is 2.24. The van der Waals surface area contributed by atoms with Crippen LogP contribution in [0.4, 0.5) is 5.69 Å². The average Bonchev–Trinajstić information content (AvgIpc) is 2.66. The summed E-state index contributed by atoms with van der Waals surface area (Å²) in [5, 5.41) is 3.06. The summed E-state index contributed by atoms with van der Waals surface area (Å²) >= 11 is 0. The number of rotatable bonds is 8. The maximum Gasteiger partial charge on any atom is 0.244 e. The van der Waals surface area contributed by atoms with Gasteiger partial charge in [-0.25, -0.2) is 8.42 Å². The Bertz CT molecular complexity index is 953. The van der Waals surface area contributed by atoms with E-state index in [0.717, 1.165) is 28.5 Å². The molecule has 2 aromatic carbocycles. The zero-order valence-electron chi connectivity index (χ0n) is 18.2. The first kappa shape index (κ1) is 22.9. The van der Waals surface area contributed by atoms with Gasteiger partial charge in [-0.2, -0.15) is 0 Å². The number of carbonyl (C=O) groups excluding carboxylic acids is 1. The molecular weight excluding hydrogens is 384 g/mol. The smallest absolute Gasteiger partial charge is 0.244 e. The van der Waals surface area contributed by atoms with E-state index in [1.165, 1.54) is 4.31 Å². The van der Waals surface area contributed by atoms with Gasteiger partial charge < -0.3 is 5.32 Å². The van der Waals surface area contributed by atoms with Crippen molar-refractivity contribution in [3.63, 3.8) is 0 Å². The highest BCUT2D eigenvalue weighted by atomic mass is 32.2. The molecule has 0 unspecified atom stereocenters. The quantitative estimate of drug-likeness (QED) is 0.692. The molecule has 0 spiro atoms. The number of carbonyl (C=O) groups is 1. The van der Waals surface area contributed by atoms with E-state index in [-0.39, 0.29) is 11.9 Å². The maximum absolute atomic E-state index is 13.2. The van der Waals surface area contributed by atoms with Gasteiger partial charge in [-0.3, -0.25) is 9.10 Å². The Kier molecular flexibility index (Phi) is 7.47. The van der Waals surface area contributed by atoms with Crippen molar-refractivity contribution >= 4 is 21.6 Å². The minimum absolute atomic E-state index is 0.168. The van der Waals surface area contributed by atoms with E-state index in [2.05, 4.69) is 5.32 Å². The Morgan fingerprint density at radius 2 is 1.59 bits per heavy atom. The first-order valence-corrected chi connectivity index (χ1v) is 11.9. The molecule has 0 fully saturated rings. The number of amides is 1. The van der Waals surface area contributed by atoms with Crippen molar-refractivity contribution in [3.8, 4) is 0 Å². The molecule has 1 N–H and O–H groups in total. The zero-order valence-corrected chi connectivity index (χ0v) is 19.0. The van der Waals surface area contributed by atoms with Gasteiger partial charge in [-0.05, 0) is 62.4 Å². The molecule has 0 saturated heterocycles. The van der Waals surface area contributed by atoms with Gasteiger partial charge in [0, 0.05) is 0 Å². The summed E-state index contributed by atoms with van der Waals surface area (Å²) in [6, 6.07) is 12.5. The minimum Gasteiger partial charge on any atom is -0.347 e. The summed E-state index contributed by atoms with van der Waals surface area (Å²) in [4.78, 5) is 13.2. The molecule has 0 aliphatic carbocycles. The lowest BCUT2D eigenvalue weighted by molar-refractivity contribution is -0.123. The lowest BCUT2D eigenvalue weighted by Crippen LogP contribution is -2.50. The Morgan fingerprint density at radius 3 is 2.07 bits per heavy atom. The van der Waals surface area contributed by atoms with Crippen molar-refractivity contribution in [1.29, 1.82) is 0 Å². The van der Waals surface area contributed by atoms with Crippen LogP contribution in [0.5, 0.6) is 0 Å². The van der Waals surface area contributed by atoms with Gasteiger partial charge in [-0.15, -0.1) is 0 Å². The minimum atomic E-state index is -3.64. The third kappa shape index (κ3) is 5.60. The number of hydrogen-bond donors (Lipinski definition) is 1.